The minimum Gasteiger partial charge on any atom is -0.406 e. The van der Waals surface area contributed by atoms with E-state index < -0.39 is 28.0 Å². The summed E-state index contributed by atoms with van der Waals surface area (Å²) in [5.74, 6) is -1.13. The first kappa shape index (κ1) is 28.0. The summed E-state index contributed by atoms with van der Waals surface area (Å²) >= 11 is 5.20. The van der Waals surface area contributed by atoms with Gasteiger partial charge in [-0.3, -0.25) is 10.2 Å². The molecule has 41 heavy (non-hydrogen) atoms. The van der Waals surface area contributed by atoms with Crippen LogP contribution in [0.5, 0.6) is 5.75 Å². The number of alkyl halides is 3. The fourth-order valence-electron chi connectivity index (χ4n) is 4.35. The van der Waals surface area contributed by atoms with E-state index in [-0.39, 0.29) is 33.5 Å². The number of ether oxygens (including phenoxy) is 1. The van der Waals surface area contributed by atoms with Crippen LogP contribution in [0.15, 0.2) is 94.9 Å². The lowest BCUT2D eigenvalue weighted by molar-refractivity contribution is -0.274. The van der Waals surface area contributed by atoms with Crippen LogP contribution in [0.3, 0.4) is 0 Å². The standard InChI is InChI=1S/C27H20F3N5O4S2/c28-27(29,30)39-19-11-12-22-20(14-19)24(33-34-26(40)32-21-7-3-4-8-23(21)41(31,37)38)25(36)35(22)15-16-9-10-17-5-1-2-6-18(17)13-16/h1-14H,15H2,(H2,31,37,38)(H2,32,34,40). The average molecular weight is 600 g/mol. The SMILES string of the molecule is NS(=O)(=O)c1ccccc1NC(=S)NN=C1C(=O)N(Cc2ccc3ccccc3c2)c2ccc(OC(F)(F)F)cc21. The van der Waals surface area contributed by atoms with Crippen LogP contribution in [-0.4, -0.2) is 31.5 Å². The Labute approximate surface area is 237 Å². The van der Waals surface area contributed by atoms with E-state index >= 15 is 0 Å². The molecule has 14 heteroatoms. The van der Waals surface area contributed by atoms with Crippen molar-refractivity contribution in [2.24, 2.45) is 10.2 Å². The summed E-state index contributed by atoms with van der Waals surface area (Å²) in [4.78, 5) is 14.7. The molecule has 0 aromatic heterocycles. The van der Waals surface area contributed by atoms with Crippen molar-refractivity contribution in [3.63, 3.8) is 0 Å². The number of nitrogens with zero attached hydrogens (tertiary/aromatic N) is 2. The molecule has 0 spiro atoms. The summed E-state index contributed by atoms with van der Waals surface area (Å²) in [6, 6.07) is 22.6. The molecule has 0 fully saturated rings. The van der Waals surface area contributed by atoms with Crippen molar-refractivity contribution >= 4 is 61.1 Å². The predicted octanol–water partition coefficient (Wildman–Crippen LogP) is 4.62. The molecule has 1 amide bonds. The van der Waals surface area contributed by atoms with Gasteiger partial charge in [0.1, 0.15) is 10.6 Å². The number of para-hydroxylation sites is 1. The number of halogens is 3. The number of carbonyl (C=O) groups excluding carboxylic acids is 1. The van der Waals surface area contributed by atoms with Crippen molar-refractivity contribution in [3.05, 3.63) is 96.1 Å². The highest BCUT2D eigenvalue weighted by Gasteiger charge is 2.37. The van der Waals surface area contributed by atoms with Gasteiger partial charge < -0.3 is 15.0 Å². The third-order valence-corrected chi connectivity index (χ3v) is 7.22. The van der Waals surface area contributed by atoms with E-state index in [4.69, 9.17) is 17.4 Å². The zero-order valence-corrected chi connectivity index (χ0v) is 22.5. The van der Waals surface area contributed by atoms with Crippen LogP contribution < -0.4 is 25.5 Å². The van der Waals surface area contributed by atoms with Crippen molar-refractivity contribution in [2.45, 2.75) is 17.8 Å². The quantitative estimate of drug-likeness (QED) is 0.218. The monoisotopic (exact) mass is 599 g/mol. The third kappa shape index (κ3) is 6.29. The highest BCUT2D eigenvalue weighted by Crippen LogP contribution is 2.35. The smallest absolute Gasteiger partial charge is 0.406 e. The highest BCUT2D eigenvalue weighted by atomic mass is 32.2. The molecular formula is C27H20F3N5O4S2. The third-order valence-electron chi connectivity index (χ3n) is 6.06. The van der Waals surface area contributed by atoms with Gasteiger partial charge >= 0.3 is 6.36 Å². The number of nitrogens with two attached hydrogens (primary N) is 1. The molecular weight excluding hydrogens is 579 g/mol. The lowest BCUT2D eigenvalue weighted by atomic mass is 10.1. The van der Waals surface area contributed by atoms with Crippen LogP contribution in [0.1, 0.15) is 11.1 Å². The number of sulfonamides is 1. The van der Waals surface area contributed by atoms with Gasteiger partial charge in [0.2, 0.25) is 10.0 Å². The molecule has 0 aliphatic carbocycles. The Kier molecular flexibility index (Phi) is 7.38. The Morgan fingerprint density at radius 1 is 0.976 bits per heavy atom. The minimum absolute atomic E-state index is 0.0599. The fourth-order valence-corrected chi connectivity index (χ4v) is 5.20. The van der Waals surface area contributed by atoms with Gasteiger partial charge in [0.25, 0.3) is 5.91 Å². The maximum Gasteiger partial charge on any atom is 0.573 e. The first-order valence-electron chi connectivity index (χ1n) is 11.9. The van der Waals surface area contributed by atoms with Gasteiger partial charge in [-0.25, -0.2) is 13.6 Å². The summed E-state index contributed by atoms with van der Waals surface area (Å²) in [6.45, 7) is 0.111. The number of amides is 1. The van der Waals surface area contributed by atoms with E-state index in [1.54, 1.807) is 6.07 Å². The predicted molar refractivity (Wildman–Crippen MR) is 152 cm³/mol. The molecule has 4 aromatic carbocycles. The van der Waals surface area contributed by atoms with E-state index in [9.17, 15) is 26.4 Å². The van der Waals surface area contributed by atoms with Crippen LogP contribution in [0, 0.1) is 0 Å². The van der Waals surface area contributed by atoms with Gasteiger partial charge in [-0.15, -0.1) is 13.2 Å². The molecule has 0 radical (unpaired) electrons. The van der Waals surface area contributed by atoms with Crippen LogP contribution in [0.2, 0.25) is 0 Å². The molecule has 4 N–H and O–H groups in total. The molecule has 4 aromatic rings. The van der Waals surface area contributed by atoms with Crippen molar-refractivity contribution in [1.82, 2.24) is 5.43 Å². The second-order valence-electron chi connectivity index (χ2n) is 8.87. The summed E-state index contributed by atoms with van der Waals surface area (Å²) in [5, 5.41) is 13.7. The number of carbonyl (C=O) groups is 1. The number of thiocarbonyl (C=S) groups is 1. The van der Waals surface area contributed by atoms with Crippen LogP contribution in [0.4, 0.5) is 24.5 Å². The number of fused-ring (bicyclic) bond motifs is 2. The van der Waals surface area contributed by atoms with E-state index in [2.05, 4.69) is 20.6 Å². The minimum atomic E-state index is -4.95. The van der Waals surface area contributed by atoms with Crippen LogP contribution >= 0.6 is 12.2 Å². The molecule has 9 nitrogen and oxygen atoms in total. The maximum absolute atomic E-state index is 13.5. The van der Waals surface area contributed by atoms with Gasteiger partial charge in [-0.2, -0.15) is 5.10 Å². The molecule has 0 atom stereocenters. The van der Waals surface area contributed by atoms with Gasteiger partial charge in [-0.05, 0) is 65.0 Å². The molecule has 1 aliphatic heterocycles. The summed E-state index contributed by atoms with van der Waals surface area (Å²) < 4.78 is 66.6. The lowest BCUT2D eigenvalue weighted by Crippen LogP contribution is -2.32. The van der Waals surface area contributed by atoms with E-state index in [0.717, 1.165) is 28.5 Å². The fraction of sp³-hybridized carbons (Fsp3) is 0.0741. The normalized spacial score (nSPS) is 14.3. The number of hydrazone groups is 1. The molecule has 0 saturated carbocycles. The largest absolute Gasteiger partial charge is 0.573 e. The molecule has 0 saturated heterocycles. The Balaban J connectivity index is 1.45. The Hall–Kier alpha value is -4.53. The molecule has 210 valence electrons. The Morgan fingerprint density at radius 2 is 1.68 bits per heavy atom. The van der Waals surface area contributed by atoms with Crippen molar-refractivity contribution in [3.8, 4) is 5.75 Å². The van der Waals surface area contributed by atoms with Crippen LogP contribution in [-0.2, 0) is 21.4 Å². The first-order valence-corrected chi connectivity index (χ1v) is 13.8. The number of nitrogens with one attached hydrogen (secondary N) is 2. The second-order valence-corrected chi connectivity index (χ2v) is 10.8. The lowest BCUT2D eigenvalue weighted by Gasteiger charge is -2.18. The number of rotatable bonds is 6. The molecule has 1 heterocycles. The number of primary sulfonamides is 1. The number of hydrogen-bond donors (Lipinski definition) is 3. The van der Waals surface area contributed by atoms with E-state index in [0.29, 0.717) is 5.69 Å². The average Bonchev–Trinajstić information content (AvgIpc) is 3.15. The zero-order chi connectivity index (χ0) is 29.4. The number of anilines is 2. The van der Waals surface area contributed by atoms with Crippen LogP contribution in [0.25, 0.3) is 10.8 Å². The van der Waals surface area contributed by atoms with Gasteiger partial charge in [0.05, 0.1) is 17.9 Å². The molecule has 5 rings (SSSR count). The highest BCUT2D eigenvalue weighted by molar-refractivity contribution is 7.89. The molecule has 0 unspecified atom stereocenters. The molecule has 1 aliphatic rings. The van der Waals surface area contributed by atoms with Gasteiger partial charge in [0.15, 0.2) is 10.8 Å². The van der Waals surface area contributed by atoms with Gasteiger partial charge in [0, 0.05) is 5.56 Å². The van der Waals surface area contributed by atoms with E-state index in [1.165, 1.54) is 29.2 Å². The van der Waals surface area contributed by atoms with Crippen molar-refractivity contribution in [2.75, 3.05) is 10.2 Å². The topological polar surface area (TPSA) is 126 Å². The first-order chi connectivity index (χ1) is 19.4. The van der Waals surface area contributed by atoms with E-state index in [1.807, 2.05) is 42.5 Å². The summed E-state index contributed by atoms with van der Waals surface area (Å²) in [5.41, 5.74) is 3.48. The Morgan fingerprint density at radius 3 is 2.41 bits per heavy atom. The summed E-state index contributed by atoms with van der Waals surface area (Å²) in [7, 11) is -4.08. The second kappa shape index (κ2) is 10.8. The van der Waals surface area contributed by atoms with Gasteiger partial charge in [-0.1, -0.05) is 48.5 Å². The zero-order valence-electron chi connectivity index (χ0n) is 20.8. The summed E-state index contributed by atoms with van der Waals surface area (Å²) in [6.07, 6.45) is -4.95. The van der Waals surface area contributed by atoms with Crippen molar-refractivity contribution in [1.29, 1.82) is 0 Å². The molecule has 0 bridgehead atoms. The number of benzene rings is 4. The Bertz CT molecular complexity index is 1830. The number of hydrogen-bond acceptors (Lipinski definition) is 6. The maximum atomic E-state index is 13.5. The van der Waals surface area contributed by atoms with Crippen molar-refractivity contribution < 1.29 is 31.1 Å².